The van der Waals surface area contributed by atoms with Gasteiger partial charge in [0, 0.05) is 0 Å². The Morgan fingerprint density at radius 2 is 1.77 bits per heavy atom. The van der Waals surface area contributed by atoms with Gasteiger partial charge in [-0.2, -0.15) is 0 Å². The van der Waals surface area contributed by atoms with Crippen molar-refractivity contribution >= 4 is 8.51 Å². The summed E-state index contributed by atoms with van der Waals surface area (Å²) in [5, 5.41) is 0. The zero-order valence-electron chi connectivity index (χ0n) is 7.29. The van der Waals surface area contributed by atoms with Crippen LogP contribution in [0, 0.1) is 0 Å². The van der Waals surface area contributed by atoms with Crippen molar-refractivity contribution in [2.45, 2.75) is 13.5 Å². The second-order valence-corrected chi connectivity index (χ2v) is 3.06. The summed E-state index contributed by atoms with van der Waals surface area (Å²) in [5.74, 6) is 0. The number of hydrogen-bond acceptors (Lipinski definition) is 0. The van der Waals surface area contributed by atoms with Gasteiger partial charge < -0.3 is 0 Å². The number of halogens is 4. The minimum absolute atomic E-state index is 1.06. The zero-order chi connectivity index (χ0) is 10.5. The standard InChI is InChI=1S/C6H11N2.F4P/c1-3-8-5-4-7(2)6-8;1-5(2,3)4/h4-6H,3H2,1-2H3;/q+1;-1. The molecule has 0 unspecified atom stereocenters. The third kappa shape index (κ3) is 9.27. The molecule has 0 spiro atoms. The van der Waals surface area contributed by atoms with Crippen LogP contribution >= 0.6 is 8.51 Å². The van der Waals surface area contributed by atoms with Crippen LogP contribution < -0.4 is 4.57 Å². The van der Waals surface area contributed by atoms with Gasteiger partial charge >= 0.3 is 25.3 Å². The van der Waals surface area contributed by atoms with E-state index in [0.29, 0.717) is 0 Å². The van der Waals surface area contributed by atoms with Crippen LogP contribution in [0.4, 0.5) is 16.8 Å². The molecule has 1 heterocycles. The molecule has 0 saturated carbocycles. The van der Waals surface area contributed by atoms with E-state index in [2.05, 4.69) is 24.0 Å². The molecule has 78 valence electrons. The van der Waals surface area contributed by atoms with Gasteiger partial charge in [-0.1, -0.05) is 0 Å². The number of hydrogen-bond donors (Lipinski definition) is 0. The maximum absolute atomic E-state index is 9.80. The van der Waals surface area contributed by atoms with Crippen molar-refractivity contribution in [3.8, 4) is 0 Å². The van der Waals surface area contributed by atoms with Crippen LogP contribution in [0.2, 0.25) is 0 Å². The molecule has 0 atom stereocenters. The molecule has 0 aliphatic carbocycles. The average Bonchev–Trinajstić information content (AvgIpc) is 2.31. The molecule has 1 aromatic rings. The van der Waals surface area contributed by atoms with E-state index in [9.17, 15) is 16.8 Å². The molecule has 0 amide bonds. The van der Waals surface area contributed by atoms with Crippen LogP contribution in [0.5, 0.6) is 0 Å². The monoisotopic (exact) mass is 218 g/mol. The molecule has 1 rings (SSSR count). The molecular weight excluding hydrogens is 207 g/mol. The van der Waals surface area contributed by atoms with Crippen molar-refractivity contribution in [3.63, 3.8) is 0 Å². The Bertz CT molecular complexity index is 239. The fraction of sp³-hybridized carbons (Fsp3) is 0.500. The van der Waals surface area contributed by atoms with Crippen molar-refractivity contribution in [2.75, 3.05) is 0 Å². The predicted octanol–water partition coefficient (Wildman–Crippen LogP) is 2.87. The molecule has 0 aromatic carbocycles. The van der Waals surface area contributed by atoms with E-state index >= 15 is 0 Å². The third-order valence-corrected chi connectivity index (χ3v) is 1.19. The summed E-state index contributed by atoms with van der Waals surface area (Å²) in [6, 6.07) is 0. The summed E-state index contributed by atoms with van der Waals surface area (Å²) in [6.07, 6.45) is 6.14. The Balaban J connectivity index is 0.000000252. The van der Waals surface area contributed by atoms with E-state index in [1.165, 1.54) is 0 Å². The van der Waals surface area contributed by atoms with E-state index in [-0.39, 0.29) is 0 Å². The van der Waals surface area contributed by atoms with Crippen molar-refractivity contribution in [1.82, 2.24) is 4.57 Å². The predicted molar refractivity (Wildman–Crippen MR) is 42.6 cm³/mol. The Labute approximate surface area is 74.6 Å². The molecule has 0 aliphatic heterocycles. The van der Waals surface area contributed by atoms with E-state index in [4.69, 9.17) is 0 Å². The van der Waals surface area contributed by atoms with Gasteiger partial charge in [-0.05, 0) is 6.92 Å². The summed E-state index contributed by atoms with van der Waals surface area (Å²) in [4.78, 5) is 0. The van der Waals surface area contributed by atoms with Gasteiger partial charge in [0.25, 0.3) is 0 Å². The average molecular weight is 218 g/mol. The number of imidazole rings is 1. The van der Waals surface area contributed by atoms with Gasteiger partial charge in [-0.3, -0.25) is 0 Å². The second kappa shape index (κ2) is 5.17. The molecule has 1 aromatic heterocycles. The normalized spacial score (nSPS) is 11.8. The molecule has 7 heteroatoms. The van der Waals surface area contributed by atoms with Gasteiger partial charge in [0.15, 0.2) is 0 Å². The van der Waals surface area contributed by atoms with E-state index in [1.807, 2.05) is 17.8 Å². The third-order valence-electron chi connectivity index (χ3n) is 1.19. The number of nitrogens with zero attached hydrogens (tertiary/aromatic N) is 2. The Morgan fingerprint density at radius 3 is 1.92 bits per heavy atom. The fourth-order valence-corrected chi connectivity index (χ4v) is 0.689. The van der Waals surface area contributed by atoms with Crippen LogP contribution in [0.15, 0.2) is 18.7 Å². The van der Waals surface area contributed by atoms with Crippen LogP contribution in [0.1, 0.15) is 6.92 Å². The molecule has 0 fully saturated rings. The SMILES string of the molecule is CC[n+]1ccn(C)c1.F[P-](F)(F)F. The Morgan fingerprint density at radius 1 is 1.31 bits per heavy atom. The maximum atomic E-state index is 9.80. The second-order valence-electron chi connectivity index (χ2n) is 2.29. The molecule has 0 radical (unpaired) electrons. The molecule has 13 heavy (non-hydrogen) atoms. The Kier molecular flexibility index (Phi) is 4.91. The number of aryl methyl sites for hydroxylation is 2. The topological polar surface area (TPSA) is 8.81 Å². The summed E-state index contributed by atoms with van der Waals surface area (Å²) in [5.41, 5.74) is 0. The van der Waals surface area contributed by atoms with Crippen molar-refractivity contribution in [1.29, 1.82) is 0 Å². The van der Waals surface area contributed by atoms with Crippen LogP contribution in [-0.4, -0.2) is 4.57 Å². The van der Waals surface area contributed by atoms with Gasteiger partial charge in [0.1, 0.15) is 12.4 Å². The zero-order valence-corrected chi connectivity index (χ0v) is 8.19. The molecule has 0 aliphatic rings. The quantitative estimate of drug-likeness (QED) is 0.389. The van der Waals surface area contributed by atoms with Crippen molar-refractivity contribution in [2.24, 2.45) is 7.05 Å². The van der Waals surface area contributed by atoms with Crippen molar-refractivity contribution < 1.29 is 21.4 Å². The van der Waals surface area contributed by atoms with E-state index < -0.39 is 8.51 Å². The molecule has 0 N–H and O–H groups in total. The molecule has 2 nitrogen and oxygen atoms in total. The van der Waals surface area contributed by atoms with Crippen LogP contribution in [-0.2, 0) is 13.6 Å². The van der Waals surface area contributed by atoms with E-state index in [0.717, 1.165) is 6.54 Å². The van der Waals surface area contributed by atoms with Gasteiger partial charge in [-0.25, -0.2) is 9.13 Å². The van der Waals surface area contributed by atoms with Crippen LogP contribution in [0.3, 0.4) is 0 Å². The molecule has 0 bridgehead atoms. The van der Waals surface area contributed by atoms with Crippen molar-refractivity contribution in [3.05, 3.63) is 18.7 Å². The first-order chi connectivity index (χ1) is 5.83. The minimum atomic E-state index is -6.39. The number of aromatic nitrogens is 2. The molecule has 0 saturated heterocycles. The van der Waals surface area contributed by atoms with E-state index in [1.54, 1.807) is 0 Å². The fourth-order valence-electron chi connectivity index (χ4n) is 0.689. The van der Waals surface area contributed by atoms with Crippen LogP contribution in [0.25, 0.3) is 0 Å². The Hall–Kier alpha value is -0.640. The van der Waals surface area contributed by atoms with Gasteiger partial charge in [0.05, 0.1) is 13.6 Å². The first kappa shape index (κ1) is 12.4. The van der Waals surface area contributed by atoms with Gasteiger partial charge in [-0.15, -0.1) is 0 Å². The first-order valence-corrected chi connectivity index (χ1v) is 4.87. The summed E-state index contributed by atoms with van der Waals surface area (Å²) >= 11 is 0. The van der Waals surface area contributed by atoms with Gasteiger partial charge in [0.2, 0.25) is 6.33 Å². The summed E-state index contributed by atoms with van der Waals surface area (Å²) in [6.45, 7) is 3.18. The number of rotatable bonds is 1. The molecular formula is C6H11F4N2P. The first-order valence-electron chi connectivity index (χ1n) is 3.51. The summed E-state index contributed by atoms with van der Waals surface area (Å²) < 4.78 is 43.4. The summed E-state index contributed by atoms with van der Waals surface area (Å²) in [7, 11) is -4.37.